The largest absolute Gasteiger partial charge is 0.292 e. The van der Waals surface area contributed by atoms with Gasteiger partial charge in [-0.1, -0.05) is 15.9 Å². The van der Waals surface area contributed by atoms with Gasteiger partial charge in [0.15, 0.2) is 0 Å². The van der Waals surface area contributed by atoms with E-state index in [0.717, 1.165) is 14.9 Å². The minimum atomic E-state index is -3.51. The Morgan fingerprint density at radius 3 is 2.50 bits per heavy atom. The van der Waals surface area contributed by atoms with E-state index in [9.17, 15) is 13.2 Å². The van der Waals surface area contributed by atoms with Crippen molar-refractivity contribution in [3.05, 3.63) is 50.6 Å². The van der Waals surface area contributed by atoms with Gasteiger partial charge < -0.3 is 0 Å². The predicted molar refractivity (Wildman–Crippen MR) is 114 cm³/mol. The standard InChI is InChI=1S/C18H21BrN4O3S2/c1-14-6-11-27-17(14)12-20-21-18(24)13-22-7-9-23(10-8-22)28(25,26)16-4-2-15(19)3-5-16/h2-6,11-12H,7-10,13H2,1H3,(H,21,24)/b20-12-. The minimum Gasteiger partial charge on any atom is -0.292 e. The van der Waals surface area contributed by atoms with Gasteiger partial charge in [-0.05, 0) is 48.2 Å². The highest BCUT2D eigenvalue weighted by molar-refractivity contribution is 9.10. The molecule has 0 saturated carbocycles. The van der Waals surface area contributed by atoms with Gasteiger partial charge in [0.1, 0.15) is 0 Å². The lowest BCUT2D eigenvalue weighted by atomic mass is 10.3. The lowest BCUT2D eigenvalue weighted by Crippen LogP contribution is -2.50. The number of sulfonamides is 1. The number of carbonyl (C=O) groups is 1. The normalized spacial score (nSPS) is 16.5. The molecule has 1 aliphatic heterocycles. The Balaban J connectivity index is 1.48. The number of aryl methyl sites for hydroxylation is 1. The third-order valence-electron chi connectivity index (χ3n) is 4.42. The second kappa shape index (κ2) is 9.27. The van der Waals surface area contributed by atoms with Crippen LogP contribution in [0.15, 0.2) is 50.2 Å². The molecule has 2 aromatic rings. The number of amides is 1. The first kappa shape index (κ1) is 21.1. The van der Waals surface area contributed by atoms with Gasteiger partial charge in [0.2, 0.25) is 10.0 Å². The van der Waals surface area contributed by atoms with Gasteiger partial charge in [-0.2, -0.15) is 9.41 Å². The Morgan fingerprint density at radius 1 is 1.21 bits per heavy atom. The lowest BCUT2D eigenvalue weighted by molar-refractivity contribution is -0.122. The van der Waals surface area contributed by atoms with Crippen LogP contribution in [0.5, 0.6) is 0 Å². The summed E-state index contributed by atoms with van der Waals surface area (Å²) >= 11 is 4.87. The van der Waals surface area contributed by atoms with Crippen molar-refractivity contribution in [2.45, 2.75) is 11.8 Å². The SMILES string of the molecule is Cc1ccsc1/C=N\NC(=O)CN1CCN(S(=O)(=O)c2ccc(Br)cc2)CC1. The van der Waals surface area contributed by atoms with Gasteiger partial charge >= 0.3 is 0 Å². The molecule has 1 amide bonds. The number of halogens is 1. The van der Waals surface area contributed by atoms with Crippen LogP contribution in [0, 0.1) is 6.92 Å². The summed E-state index contributed by atoms with van der Waals surface area (Å²) < 4.78 is 27.7. The molecule has 1 aromatic heterocycles. The van der Waals surface area contributed by atoms with E-state index in [0.29, 0.717) is 26.2 Å². The van der Waals surface area contributed by atoms with Crippen molar-refractivity contribution in [2.75, 3.05) is 32.7 Å². The first-order chi connectivity index (χ1) is 13.4. The molecule has 2 heterocycles. The van der Waals surface area contributed by atoms with E-state index < -0.39 is 10.0 Å². The van der Waals surface area contributed by atoms with Crippen LogP contribution in [0.2, 0.25) is 0 Å². The van der Waals surface area contributed by atoms with Gasteiger partial charge in [0, 0.05) is 35.5 Å². The van der Waals surface area contributed by atoms with Gasteiger partial charge in [-0.15, -0.1) is 11.3 Å². The Labute approximate surface area is 177 Å². The Bertz CT molecular complexity index is 949. The van der Waals surface area contributed by atoms with Crippen molar-refractivity contribution in [2.24, 2.45) is 5.10 Å². The molecular weight excluding hydrogens is 464 g/mol. The molecule has 28 heavy (non-hydrogen) atoms. The fraction of sp³-hybridized carbons (Fsp3) is 0.333. The van der Waals surface area contributed by atoms with E-state index >= 15 is 0 Å². The zero-order valence-corrected chi connectivity index (χ0v) is 18.6. The van der Waals surface area contributed by atoms with Crippen molar-refractivity contribution in [1.82, 2.24) is 14.6 Å². The number of nitrogens with one attached hydrogen (secondary N) is 1. The van der Waals surface area contributed by atoms with Gasteiger partial charge in [0.05, 0.1) is 17.7 Å². The number of hydrogen-bond donors (Lipinski definition) is 1. The second-order valence-corrected chi connectivity index (χ2v) is 10.2. The Hall–Kier alpha value is -1.59. The zero-order chi connectivity index (χ0) is 20.1. The fourth-order valence-corrected chi connectivity index (χ4v) is 5.27. The van der Waals surface area contributed by atoms with E-state index in [1.807, 2.05) is 23.3 Å². The van der Waals surface area contributed by atoms with Crippen LogP contribution in [0.3, 0.4) is 0 Å². The molecule has 0 bridgehead atoms. The van der Waals surface area contributed by atoms with E-state index in [4.69, 9.17) is 0 Å². The number of rotatable bonds is 6. The minimum absolute atomic E-state index is 0.187. The molecule has 1 aliphatic rings. The summed E-state index contributed by atoms with van der Waals surface area (Å²) in [6.45, 7) is 3.87. The third kappa shape index (κ3) is 5.26. The molecule has 7 nitrogen and oxygen atoms in total. The van der Waals surface area contributed by atoms with E-state index in [2.05, 4.69) is 26.5 Å². The van der Waals surface area contributed by atoms with Crippen LogP contribution in [0.4, 0.5) is 0 Å². The fourth-order valence-electron chi connectivity index (χ4n) is 2.80. The molecule has 0 unspecified atom stereocenters. The van der Waals surface area contributed by atoms with Crippen LogP contribution in [-0.4, -0.2) is 62.5 Å². The van der Waals surface area contributed by atoms with Crippen molar-refractivity contribution in [1.29, 1.82) is 0 Å². The molecule has 1 fully saturated rings. The highest BCUT2D eigenvalue weighted by Crippen LogP contribution is 2.20. The average molecular weight is 485 g/mol. The summed E-state index contributed by atoms with van der Waals surface area (Å²) in [6.07, 6.45) is 1.64. The Kier molecular flexibility index (Phi) is 7.00. The topological polar surface area (TPSA) is 82.1 Å². The molecule has 0 spiro atoms. The maximum absolute atomic E-state index is 12.7. The molecule has 3 rings (SSSR count). The maximum Gasteiger partial charge on any atom is 0.254 e. The number of hydrogen-bond acceptors (Lipinski definition) is 6. The molecule has 0 aliphatic carbocycles. The first-order valence-electron chi connectivity index (χ1n) is 8.70. The van der Waals surface area contributed by atoms with Crippen LogP contribution >= 0.6 is 27.3 Å². The van der Waals surface area contributed by atoms with Crippen LogP contribution in [0.1, 0.15) is 10.4 Å². The summed E-state index contributed by atoms with van der Waals surface area (Å²) in [6, 6.07) is 8.60. The number of nitrogens with zero attached hydrogens (tertiary/aromatic N) is 3. The molecule has 10 heteroatoms. The van der Waals surface area contributed by atoms with Crippen molar-refractivity contribution < 1.29 is 13.2 Å². The van der Waals surface area contributed by atoms with Crippen molar-refractivity contribution in [3.8, 4) is 0 Å². The second-order valence-electron chi connectivity index (χ2n) is 6.40. The van der Waals surface area contributed by atoms with Crippen LogP contribution in [-0.2, 0) is 14.8 Å². The van der Waals surface area contributed by atoms with Crippen LogP contribution < -0.4 is 5.43 Å². The molecule has 0 atom stereocenters. The van der Waals surface area contributed by atoms with Gasteiger partial charge in [0.25, 0.3) is 5.91 Å². The van der Waals surface area contributed by atoms with Crippen LogP contribution in [0.25, 0.3) is 0 Å². The monoisotopic (exact) mass is 484 g/mol. The molecule has 1 aromatic carbocycles. The van der Waals surface area contributed by atoms with E-state index in [-0.39, 0.29) is 17.3 Å². The number of piperazine rings is 1. The van der Waals surface area contributed by atoms with E-state index in [1.165, 1.54) is 4.31 Å². The number of thiophene rings is 1. The third-order valence-corrected chi connectivity index (χ3v) is 7.82. The summed E-state index contributed by atoms with van der Waals surface area (Å²) in [5.74, 6) is -0.213. The number of carbonyl (C=O) groups excluding carboxylic acids is 1. The van der Waals surface area contributed by atoms with Crippen molar-refractivity contribution >= 4 is 49.4 Å². The molecular formula is C18H21BrN4O3S2. The van der Waals surface area contributed by atoms with E-state index in [1.54, 1.807) is 41.8 Å². The lowest BCUT2D eigenvalue weighted by Gasteiger charge is -2.33. The van der Waals surface area contributed by atoms with Gasteiger partial charge in [-0.3, -0.25) is 9.69 Å². The number of benzene rings is 1. The molecule has 1 saturated heterocycles. The summed E-state index contributed by atoms with van der Waals surface area (Å²) in [5, 5.41) is 5.96. The maximum atomic E-state index is 12.7. The molecule has 150 valence electrons. The van der Waals surface area contributed by atoms with Crippen molar-refractivity contribution in [3.63, 3.8) is 0 Å². The highest BCUT2D eigenvalue weighted by atomic mass is 79.9. The Morgan fingerprint density at radius 2 is 1.89 bits per heavy atom. The zero-order valence-electron chi connectivity index (χ0n) is 15.3. The highest BCUT2D eigenvalue weighted by Gasteiger charge is 2.28. The summed E-state index contributed by atoms with van der Waals surface area (Å²) in [4.78, 5) is 15.3. The molecule has 1 N–H and O–H groups in total. The predicted octanol–water partition coefficient (Wildman–Crippen LogP) is 2.28. The van der Waals surface area contributed by atoms with Gasteiger partial charge in [-0.25, -0.2) is 13.8 Å². The average Bonchev–Trinajstić information content (AvgIpc) is 3.07. The summed E-state index contributed by atoms with van der Waals surface area (Å²) in [5.41, 5.74) is 3.64. The first-order valence-corrected chi connectivity index (χ1v) is 11.8. The summed E-state index contributed by atoms with van der Waals surface area (Å²) in [7, 11) is -3.51. The quantitative estimate of drug-likeness (QED) is 0.503. The number of hydrazone groups is 1. The molecule has 0 radical (unpaired) electrons. The smallest absolute Gasteiger partial charge is 0.254 e.